The topological polar surface area (TPSA) is 9.23 Å². The van der Waals surface area contributed by atoms with Gasteiger partial charge in [-0.15, -0.1) is 0 Å². The van der Waals surface area contributed by atoms with Gasteiger partial charge >= 0.3 is 0 Å². The molecule has 1 saturated carbocycles. The van der Waals surface area contributed by atoms with Crippen LogP contribution in [-0.2, 0) is 4.74 Å². The van der Waals surface area contributed by atoms with E-state index < -0.39 is 0 Å². The maximum atomic E-state index is 5.44. The van der Waals surface area contributed by atoms with E-state index in [0.29, 0.717) is 0 Å². The first kappa shape index (κ1) is 12.8. The molecule has 15 heavy (non-hydrogen) atoms. The molecule has 1 heteroatoms. The lowest BCUT2D eigenvalue weighted by molar-refractivity contribution is 0.139. The van der Waals surface area contributed by atoms with E-state index in [1.54, 1.807) is 0 Å². The van der Waals surface area contributed by atoms with Crippen LogP contribution in [0.5, 0.6) is 0 Å². The minimum atomic E-state index is 0.854. The van der Waals surface area contributed by atoms with Gasteiger partial charge in [0, 0.05) is 6.61 Å². The third-order valence-electron chi connectivity index (χ3n) is 3.25. The van der Waals surface area contributed by atoms with Crippen LogP contribution in [-0.4, -0.2) is 13.2 Å². The van der Waals surface area contributed by atoms with E-state index >= 15 is 0 Å². The molecule has 0 aromatic heterocycles. The molecule has 0 aliphatic heterocycles. The van der Waals surface area contributed by atoms with Crippen LogP contribution in [0.3, 0.4) is 0 Å². The molecule has 0 N–H and O–H groups in total. The van der Waals surface area contributed by atoms with Crippen LogP contribution in [0.4, 0.5) is 0 Å². The Morgan fingerprint density at radius 3 is 2.53 bits per heavy atom. The lowest BCUT2D eigenvalue weighted by Crippen LogP contribution is -2.10. The summed E-state index contributed by atoms with van der Waals surface area (Å²) in [6.45, 7) is 6.33. The third kappa shape index (κ3) is 5.99. The second-order valence-electron chi connectivity index (χ2n) is 4.85. The Morgan fingerprint density at radius 2 is 1.87 bits per heavy atom. The Hall–Kier alpha value is -0.300. The second-order valence-corrected chi connectivity index (χ2v) is 4.85. The highest BCUT2D eigenvalue weighted by atomic mass is 16.5. The fraction of sp³-hybridized carbons (Fsp3) is 0.857. The summed E-state index contributed by atoms with van der Waals surface area (Å²) in [5.74, 6) is 1.81. The van der Waals surface area contributed by atoms with Gasteiger partial charge in [-0.25, -0.2) is 0 Å². The van der Waals surface area contributed by atoms with Crippen molar-refractivity contribution in [3.8, 4) is 0 Å². The van der Waals surface area contributed by atoms with E-state index in [1.807, 2.05) is 0 Å². The summed E-state index contributed by atoms with van der Waals surface area (Å²) in [5.41, 5.74) is 0. The number of allylic oxidation sites excluding steroid dienone is 1. The van der Waals surface area contributed by atoms with Gasteiger partial charge < -0.3 is 4.74 Å². The van der Waals surface area contributed by atoms with E-state index in [1.165, 1.54) is 25.7 Å². The van der Waals surface area contributed by atoms with Gasteiger partial charge in [-0.1, -0.05) is 38.8 Å². The molecule has 0 aromatic rings. The molecule has 0 aromatic carbocycles. The van der Waals surface area contributed by atoms with Gasteiger partial charge in [0.25, 0.3) is 0 Å². The average molecular weight is 210 g/mol. The Kier molecular flexibility index (Phi) is 6.74. The molecule has 0 amide bonds. The van der Waals surface area contributed by atoms with Crippen molar-refractivity contribution in [1.29, 1.82) is 0 Å². The number of hydrogen-bond acceptors (Lipinski definition) is 1. The van der Waals surface area contributed by atoms with Gasteiger partial charge in [0.1, 0.15) is 0 Å². The smallest absolute Gasteiger partial charge is 0.0500 e. The normalized spacial score (nSPS) is 27.3. The van der Waals surface area contributed by atoms with Crippen LogP contribution in [0, 0.1) is 11.8 Å². The highest BCUT2D eigenvalue weighted by Gasteiger charge is 2.15. The molecule has 0 saturated heterocycles. The second kappa shape index (κ2) is 7.92. The molecule has 1 rings (SSSR count). The summed E-state index contributed by atoms with van der Waals surface area (Å²) in [6, 6.07) is 0. The first-order valence-electron chi connectivity index (χ1n) is 6.57. The van der Waals surface area contributed by atoms with Crippen LogP contribution in [0.15, 0.2) is 12.2 Å². The first-order valence-corrected chi connectivity index (χ1v) is 6.57. The Morgan fingerprint density at radius 1 is 1.13 bits per heavy atom. The quantitative estimate of drug-likeness (QED) is 0.472. The van der Waals surface area contributed by atoms with Crippen molar-refractivity contribution in [3.63, 3.8) is 0 Å². The van der Waals surface area contributed by atoms with Crippen molar-refractivity contribution in [3.05, 3.63) is 12.2 Å². The molecule has 0 radical (unpaired) electrons. The lowest BCUT2D eigenvalue weighted by Gasteiger charge is -2.23. The predicted octanol–water partition coefficient (Wildman–Crippen LogP) is 4.19. The fourth-order valence-electron chi connectivity index (χ4n) is 2.16. The third-order valence-corrected chi connectivity index (χ3v) is 3.25. The van der Waals surface area contributed by atoms with Crippen LogP contribution >= 0.6 is 0 Å². The number of rotatable bonds is 6. The predicted molar refractivity (Wildman–Crippen MR) is 66.0 cm³/mol. The van der Waals surface area contributed by atoms with Gasteiger partial charge in [-0.2, -0.15) is 0 Å². The summed E-state index contributed by atoms with van der Waals surface area (Å²) in [7, 11) is 0. The molecule has 0 heterocycles. The maximum Gasteiger partial charge on any atom is 0.0500 e. The summed E-state index contributed by atoms with van der Waals surface area (Å²) < 4.78 is 5.44. The van der Waals surface area contributed by atoms with Gasteiger partial charge in [0.15, 0.2) is 0 Å². The van der Waals surface area contributed by atoms with Crippen molar-refractivity contribution >= 4 is 0 Å². The van der Waals surface area contributed by atoms with E-state index in [-0.39, 0.29) is 0 Å². The molecule has 0 spiro atoms. The standard InChI is InChI=1S/C14H26O/c1-3-11-15-12-5-4-6-14-9-7-13(2)8-10-14/h4,6,13-14H,3,5,7-12H2,1-2H3/b6-4-. The van der Waals surface area contributed by atoms with E-state index in [0.717, 1.165) is 37.9 Å². The highest BCUT2D eigenvalue weighted by Crippen LogP contribution is 2.28. The van der Waals surface area contributed by atoms with Crippen LogP contribution < -0.4 is 0 Å². The minimum Gasteiger partial charge on any atom is -0.381 e. The first-order chi connectivity index (χ1) is 7.33. The van der Waals surface area contributed by atoms with Crippen molar-refractivity contribution < 1.29 is 4.74 Å². The monoisotopic (exact) mass is 210 g/mol. The minimum absolute atomic E-state index is 0.854. The Balaban J connectivity index is 2.00. The van der Waals surface area contributed by atoms with Gasteiger partial charge in [-0.05, 0) is 37.5 Å². The number of ether oxygens (including phenoxy) is 1. The van der Waals surface area contributed by atoms with Crippen LogP contribution in [0.25, 0.3) is 0 Å². The lowest BCUT2D eigenvalue weighted by atomic mass is 9.83. The zero-order valence-corrected chi connectivity index (χ0v) is 10.4. The molecule has 1 fully saturated rings. The molecule has 1 aliphatic rings. The molecule has 0 bridgehead atoms. The highest BCUT2D eigenvalue weighted by molar-refractivity contribution is 4.90. The van der Waals surface area contributed by atoms with Crippen molar-refractivity contribution in [2.75, 3.05) is 13.2 Å². The van der Waals surface area contributed by atoms with Gasteiger partial charge in [0.2, 0.25) is 0 Å². The van der Waals surface area contributed by atoms with E-state index in [2.05, 4.69) is 26.0 Å². The SMILES string of the molecule is CCCOCC/C=C\C1CCC(C)CC1. The molecule has 0 atom stereocenters. The van der Waals surface area contributed by atoms with Crippen molar-refractivity contribution in [1.82, 2.24) is 0 Å². The average Bonchev–Trinajstić information content (AvgIpc) is 2.26. The molecular formula is C14H26O. The largest absolute Gasteiger partial charge is 0.381 e. The van der Waals surface area contributed by atoms with Crippen molar-refractivity contribution in [2.45, 2.75) is 52.4 Å². The Labute approximate surface area is 94.9 Å². The summed E-state index contributed by atoms with van der Waals surface area (Å²) >= 11 is 0. The summed E-state index contributed by atoms with van der Waals surface area (Å²) in [5, 5.41) is 0. The van der Waals surface area contributed by atoms with Crippen LogP contribution in [0.2, 0.25) is 0 Å². The molecule has 0 unspecified atom stereocenters. The molecular weight excluding hydrogens is 184 g/mol. The van der Waals surface area contributed by atoms with E-state index in [9.17, 15) is 0 Å². The molecule has 1 nitrogen and oxygen atoms in total. The van der Waals surface area contributed by atoms with Gasteiger partial charge in [0.05, 0.1) is 6.61 Å². The zero-order chi connectivity index (χ0) is 10.9. The molecule has 1 aliphatic carbocycles. The van der Waals surface area contributed by atoms with Gasteiger partial charge in [-0.3, -0.25) is 0 Å². The summed E-state index contributed by atoms with van der Waals surface area (Å²) in [4.78, 5) is 0. The fourth-order valence-corrected chi connectivity index (χ4v) is 2.16. The number of hydrogen-bond donors (Lipinski definition) is 0. The van der Waals surface area contributed by atoms with Crippen LogP contribution in [0.1, 0.15) is 52.4 Å². The Bertz CT molecular complexity index is 166. The van der Waals surface area contributed by atoms with E-state index in [4.69, 9.17) is 4.74 Å². The maximum absolute atomic E-state index is 5.44. The molecule has 88 valence electrons. The van der Waals surface area contributed by atoms with Crippen molar-refractivity contribution in [2.24, 2.45) is 11.8 Å². The summed E-state index contributed by atoms with van der Waals surface area (Å²) in [6.07, 6.45) is 12.6. The zero-order valence-electron chi connectivity index (χ0n) is 10.4.